The molecule has 3 rings (SSSR count). The highest BCUT2D eigenvalue weighted by atomic mass is 16.6. The first-order valence-corrected chi connectivity index (χ1v) is 10.2. The number of hydrogen-bond acceptors (Lipinski definition) is 7. The van der Waals surface area contributed by atoms with Crippen molar-refractivity contribution in [1.82, 2.24) is 15.1 Å². The molecule has 0 N–H and O–H groups in total. The minimum absolute atomic E-state index is 0.255. The van der Waals surface area contributed by atoms with Crippen molar-refractivity contribution in [2.75, 3.05) is 13.1 Å². The Bertz CT molecular complexity index is 877. The average molecular weight is 415 g/mol. The molecule has 0 spiro atoms. The molecule has 8 heteroatoms. The Kier molecular flexibility index (Phi) is 6.43. The molecule has 1 aliphatic heterocycles. The summed E-state index contributed by atoms with van der Waals surface area (Å²) in [7, 11) is 0. The van der Waals surface area contributed by atoms with Gasteiger partial charge in [-0.15, -0.1) is 10.2 Å². The maximum Gasteiger partial charge on any atom is 0.410 e. The molecule has 1 amide bonds. The molecule has 1 atom stereocenters. The van der Waals surface area contributed by atoms with Crippen molar-refractivity contribution in [2.45, 2.75) is 59.2 Å². The van der Waals surface area contributed by atoms with Crippen LogP contribution in [-0.2, 0) is 14.3 Å². The third-order valence-electron chi connectivity index (χ3n) is 4.86. The summed E-state index contributed by atoms with van der Waals surface area (Å²) in [6.07, 6.45) is 0.0669. The van der Waals surface area contributed by atoms with Crippen molar-refractivity contribution in [2.24, 2.45) is 5.92 Å². The van der Waals surface area contributed by atoms with E-state index in [4.69, 9.17) is 13.9 Å². The zero-order valence-corrected chi connectivity index (χ0v) is 18.2. The number of aromatic nitrogens is 2. The summed E-state index contributed by atoms with van der Waals surface area (Å²) in [6, 6.07) is 7.74. The van der Waals surface area contributed by atoms with Gasteiger partial charge in [0, 0.05) is 18.7 Å². The Hall–Kier alpha value is -2.90. The first-order chi connectivity index (χ1) is 14.1. The van der Waals surface area contributed by atoms with Crippen molar-refractivity contribution in [3.05, 3.63) is 35.7 Å². The number of likely N-dealkylation sites (tertiary alicyclic amines) is 1. The highest BCUT2D eigenvalue weighted by Crippen LogP contribution is 2.26. The lowest BCUT2D eigenvalue weighted by Crippen LogP contribution is -2.43. The van der Waals surface area contributed by atoms with E-state index in [0.29, 0.717) is 31.8 Å². The van der Waals surface area contributed by atoms with Crippen LogP contribution in [-0.4, -0.2) is 45.9 Å². The predicted molar refractivity (Wildman–Crippen MR) is 110 cm³/mol. The Balaban J connectivity index is 1.52. The fraction of sp³-hybridized carbons (Fsp3) is 0.545. The summed E-state index contributed by atoms with van der Waals surface area (Å²) < 4.78 is 16.6. The molecular weight excluding hydrogens is 386 g/mol. The van der Waals surface area contributed by atoms with Crippen LogP contribution in [0.3, 0.4) is 0 Å². The molecule has 0 saturated carbocycles. The summed E-state index contributed by atoms with van der Waals surface area (Å²) in [4.78, 5) is 26.3. The monoisotopic (exact) mass is 415 g/mol. The number of aryl methyl sites for hydroxylation is 1. The third-order valence-corrected chi connectivity index (χ3v) is 4.86. The van der Waals surface area contributed by atoms with E-state index in [-0.39, 0.29) is 23.9 Å². The number of carbonyl (C=O) groups excluding carboxylic acids is 2. The lowest BCUT2D eigenvalue weighted by molar-refractivity contribution is -0.156. The number of benzene rings is 1. The van der Waals surface area contributed by atoms with Crippen LogP contribution in [0.2, 0.25) is 0 Å². The molecule has 2 aromatic rings. The molecule has 1 aliphatic rings. The number of rotatable bonds is 4. The number of hydrogen-bond donors (Lipinski definition) is 0. The first kappa shape index (κ1) is 21.8. The number of nitrogens with zero attached hydrogens (tertiary/aromatic N) is 3. The van der Waals surface area contributed by atoms with Gasteiger partial charge in [0.05, 0.1) is 5.92 Å². The summed E-state index contributed by atoms with van der Waals surface area (Å²) in [6.45, 7) is 10.1. The van der Waals surface area contributed by atoms with Crippen LogP contribution in [0, 0.1) is 12.8 Å². The topological polar surface area (TPSA) is 94.8 Å². The van der Waals surface area contributed by atoms with Crippen LogP contribution in [0.15, 0.2) is 28.7 Å². The largest absolute Gasteiger partial charge is 0.452 e. The molecule has 1 aromatic carbocycles. The highest BCUT2D eigenvalue weighted by Gasteiger charge is 2.32. The van der Waals surface area contributed by atoms with Gasteiger partial charge in [0.2, 0.25) is 5.89 Å². The lowest BCUT2D eigenvalue weighted by Gasteiger charge is -2.32. The third kappa shape index (κ3) is 5.58. The van der Waals surface area contributed by atoms with Gasteiger partial charge >= 0.3 is 12.1 Å². The van der Waals surface area contributed by atoms with E-state index >= 15 is 0 Å². The standard InChI is InChI=1S/C22H29N3O5/c1-14-6-8-16(9-7-14)19-24-23-18(29-19)15(2)28-20(26)17-10-12-25(13-11-17)21(27)30-22(3,4)5/h6-9,15,17H,10-13H2,1-5H3/t15-/m0/s1. The predicted octanol–water partition coefficient (Wildman–Crippen LogP) is 4.30. The van der Waals surface area contributed by atoms with Gasteiger partial charge in [0.15, 0.2) is 6.10 Å². The van der Waals surface area contributed by atoms with E-state index in [2.05, 4.69) is 10.2 Å². The molecule has 162 valence electrons. The SMILES string of the molecule is Cc1ccc(-c2nnc([C@H](C)OC(=O)C3CCN(C(=O)OC(C)(C)C)CC3)o2)cc1. The van der Waals surface area contributed by atoms with E-state index in [0.717, 1.165) is 11.1 Å². The van der Waals surface area contributed by atoms with Crippen LogP contribution in [0.4, 0.5) is 4.79 Å². The molecule has 30 heavy (non-hydrogen) atoms. The molecule has 0 radical (unpaired) electrons. The Morgan fingerprint density at radius 3 is 2.37 bits per heavy atom. The molecule has 8 nitrogen and oxygen atoms in total. The molecule has 0 unspecified atom stereocenters. The van der Waals surface area contributed by atoms with E-state index in [1.807, 2.05) is 52.0 Å². The minimum Gasteiger partial charge on any atom is -0.452 e. The second-order valence-electron chi connectivity index (χ2n) is 8.63. The average Bonchev–Trinajstić information content (AvgIpc) is 3.17. The number of piperidine rings is 1. The Labute approximate surface area is 176 Å². The second-order valence-corrected chi connectivity index (χ2v) is 8.63. The van der Waals surface area contributed by atoms with Crippen molar-refractivity contribution in [1.29, 1.82) is 0 Å². The van der Waals surface area contributed by atoms with Gasteiger partial charge in [-0.1, -0.05) is 17.7 Å². The van der Waals surface area contributed by atoms with Crippen LogP contribution < -0.4 is 0 Å². The summed E-state index contributed by atoms with van der Waals surface area (Å²) >= 11 is 0. The summed E-state index contributed by atoms with van der Waals surface area (Å²) in [5.41, 5.74) is 1.41. The van der Waals surface area contributed by atoms with E-state index in [1.54, 1.807) is 11.8 Å². The zero-order chi connectivity index (χ0) is 21.9. The number of amides is 1. The maximum absolute atomic E-state index is 12.6. The Morgan fingerprint density at radius 1 is 1.13 bits per heavy atom. The van der Waals surface area contributed by atoms with Gasteiger partial charge in [0.1, 0.15) is 5.60 Å². The van der Waals surface area contributed by atoms with Crippen molar-refractivity contribution in [3.63, 3.8) is 0 Å². The van der Waals surface area contributed by atoms with Gasteiger partial charge in [-0.2, -0.15) is 0 Å². The van der Waals surface area contributed by atoms with Gasteiger partial charge in [-0.25, -0.2) is 4.79 Å². The van der Waals surface area contributed by atoms with Crippen molar-refractivity contribution in [3.8, 4) is 11.5 Å². The Morgan fingerprint density at radius 2 is 1.77 bits per heavy atom. The van der Waals surface area contributed by atoms with Crippen LogP contribution >= 0.6 is 0 Å². The van der Waals surface area contributed by atoms with Crippen LogP contribution in [0.5, 0.6) is 0 Å². The smallest absolute Gasteiger partial charge is 0.410 e. The van der Waals surface area contributed by atoms with Gasteiger partial charge in [-0.05, 0) is 59.6 Å². The summed E-state index contributed by atoms with van der Waals surface area (Å²) in [5, 5.41) is 8.07. The molecular formula is C22H29N3O5. The van der Waals surface area contributed by atoms with E-state index in [9.17, 15) is 9.59 Å². The van der Waals surface area contributed by atoms with Crippen LogP contribution in [0.25, 0.3) is 11.5 Å². The molecule has 1 fully saturated rings. The first-order valence-electron chi connectivity index (χ1n) is 10.2. The molecule has 2 heterocycles. The van der Waals surface area contributed by atoms with Gasteiger partial charge in [-0.3, -0.25) is 4.79 Å². The highest BCUT2D eigenvalue weighted by molar-refractivity contribution is 5.74. The summed E-state index contributed by atoms with van der Waals surface area (Å²) in [5.74, 6) is 0.0516. The fourth-order valence-corrected chi connectivity index (χ4v) is 3.16. The van der Waals surface area contributed by atoms with Gasteiger partial charge < -0.3 is 18.8 Å². The quantitative estimate of drug-likeness (QED) is 0.687. The number of esters is 1. The normalized spacial score (nSPS) is 16.2. The molecule has 1 saturated heterocycles. The second kappa shape index (κ2) is 8.85. The number of ether oxygens (including phenoxy) is 2. The zero-order valence-electron chi connectivity index (χ0n) is 18.2. The molecule has 0 bridgehead atoms. The van der Waals surface area contributed by atoms with Crippen molar-refractivity contribution >= 4 is 12.1 Å². The van der Waals surface area contributed by atoms with E-state index < -0.39 is 11.7 Å². The van der Waals surface area contributed by atoms with E-state index in [1.165, 1.54) is 0 Å². The number of carbonyl (C=O) groups is 2. The van der Waals surface area contributed by atoms with Crippen LogP contribution in [0.1, 0.15) is 58.1 Å². The van der Waals surface area contributed by atoms with Crippen molar-refractivity contribution < 1.29 is 23.5 Å². The lowest BCUT2D eigenvalue weighted by atomic mass is 9.97. The molecule has 1 aromatic heterocycles. The maximum atomic E-state index is 12.6. The fourth-order valence-electron chi connectivity index (χ4n) is 3.16. The van der Waals surface area contributed by atoms with Gasteiger partial charge in [0.25, 0.3) is 5.89 Å². The minimum atomic E-state index is -0.645. The molecule has 0 aliphatic carbocycles.